The summed E-state index contributed by atoms with van der Waals surface area (Å²) in [6.45, 7) is 17.5. The topological polar surface area (TPSA) is 233 Å². The molecule has 4 heterocycles. The summed E-state index contributed by atoms with van der Waals surface area (Å²) in [7, 11) is 0. The number of carboxylic acid groups (broad SMARTS) is 1. The number of carboxylic acids is 1. The Kier molecular flexibility index (Phi) is 20.5. The van der Waals surface area contributed by atoms with E-state index in [0.717, 1.165) is 96.6 Å². The van der Waals surface area contributed by atoms with Gasteiger partial charge in [-0.25, -0.2) is 32.3 Å². The van der Waals surface area contributed by atoms with Gasteiger partial charge in [0, 0.05) is 52.7 Å². The van der Waals surface area contributed by atoms with Crippen LogP contribution in [0.3, 0.4) is 0 Å². The molecule has 426 valence electrons. The minimum Gasteiger partial charge on any atom is -0.478 e. The average Bonchev–Trinajstić information content (AvgIpc) is 3.38. The van der Waals surface area contributed by atoms with Gasteiger partial charge in [0.05, 0.1) is 36.2 Å². The summed E-state index contributed by atoms with van der Waals surface area (Å²) in [4.78, 5) is 73.7. The Hall–Kier alpha value is -8.44. The van der Waals surface area contributed by atoms with Gasteiger partial charge in [-0.1, -0.05) is 52.0 Å². The minimum atomic E-state index is -1.11. The summed E-state index contributed by atoms with van der Waals surface area (Å²) in [5.41, 5.74) is 1.00. The molecule has 0 fully saturated rings. The van der Waals surface area contributed by atoms with E-state index in [2.05, 4.69) is 68.4 Å². The lowest BCUT2D eigenvalue weighted by Crippen LogP contribution is -2.40. The number of rotatable bonds is 23. The van der Waals surface area contributed by atoms with Crippen molar-refractivity contribution in [2.24, 2.45) is 0 Å². The van der Waals surface area contributed by atoms with Crippen LogP contribution in [-0.2, 0) is 0 Å². The monoisotopic (exact) mass is 1120 g/mol. The molecule has 0 saturated carbocycles. The number of aliphatic hydroxyl groups excluding tert-OH is 2. The SMILES string of the molecule is CCN(CC)CCCNc1nc(-c2cc(C(=O)NC(CO)CO)ccc2C)c2ccc(=O)n(-c3c(F)cccc3F)c2n1.CCN(CC)CCCNc1nc(-c2cc(C(=O)O)ccc2C)c2ccc(=O)n(-c3c(F)cccc3F)c2n1. The highest BCUT2D eigenvalue weighted by Crippen LogP contribution is 2.34. The molecular formula is C59H65F4N11O7. The number of halogens is 4. The summed E-state index contributed by atoms with van der Waals surface area (Å²) in [6, 6.07) is 20.8. The van der Waals surface area contributed by atoms with E-state index in [0.29, 0.717) is 46.4 Å². The lowest BCUT2D eigenvalue weighted by Gasteiger charge is -2.19. The van der Waals surface area contributed by atoms with Crippen LogP contribution in [0, 0.1) is 37.1 Å². The van der Waals surface area contributed by atoms with Crippen LogP contribution in [0.15, 0.2) is 107 Å². The standard InChI is InChI=1S/C31H36F2N6O4.C28H29F2N5O3/c1-4-38(5-2)15-7-14-34-31-36-27(23-16-20(11-10-19(23)3)30(43)35-21(17-40)18-41)22-12-13-26(42)39(29(22)37-31)28-24(32)8-6-9-25(28)33;1-4-34(5-2)15-7-14-31-28-32-24(20-16-18(27(37)38)11-10-17(20)3)19-12-13-23(36)35(26(19)33-28)25-21(29)8-6-9-22(25)30/h6,8-13,16,21,40-41H,4-5,7,14-15,17-18H2,1-3H3,(H,35,43)(H,34,36,37);6,8-13,16H,4-5,7,14-15H2,1-3H3,(H,37,38)(H,31,32,33). The average molecular weight is 1120 g/mol. The summed E-state index contributed by atoms with van der Waals surface area (Å²) >= 11 is 0. The van der Waals surface area contributed by atoms with Gasteiger partial charge in [0.1, 0.15) is 34.6 Å². The molecule has 18 nitrogen and oxygen atoms in total. The van der Waals surface area contributed by atoms with Crippen LogP contribution in [0.2, 0.25) is 0 Å². The smallest absolute Gasteiger partial charge is 0.335 e. The predicted molar refractivity (Wildman–Crippen MR) is 305 cm³/mol. The second-order valence-electron chi connectivity index (χ2n) is 18.9. The number of fused-ring (bicyclic) bond motifs is 2. The van der Waals surface area contributed by atoms with Gasteiger partial charge in [0.25, 0.3) is 17.0 Å². The van der Waals surface area contributed by atoms with Crippen LogP contribution in [0.25, 0.3) is 56.0 Å². The Balaban J connectivity index is 0.000000235. The van der Waals surface area contributed by atoms with Crippen molar-refractivity contribution in [2.45, 2.75) is 60.4 Å². The summed E-state index contributed by atoms with van der Waals surface area (Å²) in [5.74, 6) is -5.02. The molecule has 0 spiro atoms. The number of para-hydroxylation sites is 2. The van der Waals surface area contributed by atoms with E-state index in [4.69, 9.17) is 4.98 Å². The van der Waals surface area contributed by atoms with Crippen molar-refractivity contribution in [2.75, 3.05) is 76.2 Å². The Labute approximate surface area is 464 Å². The molecule has 4 aromatic heterocycles. The van der Waals surface area contributed by atoms with Crippen LogP contribution < -0.4 is 27.1 Å². The first-order chi connectivity index (χ1) is 39.0. The molecule has 8 rings (SSSR count). The number of amides is 1. The number of carbonyl (C=O) groups excluding carboxylic acids is 1. The Bertz CT molecular complexity index is 3640. The van der Waals surface area contributed by atoms with Crippen LogP contribution in [-0.4, -0.2) is 138 Å². The number of hydrogen-bond acceptors (Lipinski definition) is 14. The lowest BCUT2D eigenvalue weighted by molar-refractivity contribution is 0.0696. The third-order valence-corrected chi connectivity index (χ3v) is 13.8. The highest BCUT2D eigenvalue weighted by molar-refractivity contribution is 5.99. The van der Waals surface area contributed by atoms with Gasteiger partial charge in [0.15, 0.2) is 11.3 Å². The molecule has 22 heteroatoms. The van der Waals surface area contributed by atoms with Gasteiger partial charge in [-0.15, -0.1) is 0 Å². The van der Waals surface area contributed by atoms with Crippen molar-refractivity contribution in [1.29, 1.82) is 0 Å². The van der Waals surface area contributed by atoms with Crippen LogP contribution in [0.4, 0.5) is 29.5 Å². The summed E-state index contributed by atoms with van der Waals surface area (Å²) in [6.07, 6.45) is 1.56. The number of benzene rings is 4. The lowest BCUT2D eigenvalue weighted by atomic mass is 9.99. The Morgan fingerprint density at radius 1 is 0.568 bits per heavy atom. The number of carbonyl (C=O) groups is 2. The summed E-state index contributed by atoms with van der Waals surface area (Å²) < 4.78 is 61.4. The molecule has 8 aromatic rings. The van der Waals surface area contributed by atoms with Gasteiger partial charge in [-0.2, -0.15) is 9.97 Å². The maximum Gasteiger partial charge on any atom is 0.335 e. The maximum absolute atomic E-state index is 15.0. The van der Waals surface area contributed by atoms with Crippen LogP contribution >= 0.6 is 0 Å². The van der Waals surface area contributed by atoms with E-state index in [1.54, 1.807) is 31.2 Å². The van der Waals surface area contributed by atoms with E-state index in [-0.39, 0.29) is 34.3 Å². The van der Waals surface area contributed by atoms with Gasteiger partial charge in [-0.3, -0.25) is 23.5 Å². The number of anilines is 2. The number of nitrogens with zero attached hydrogens (tertiary/aromatic N) is 8. The van der Waals surface area contributed by atoms with Crippen molar-refractivity contribution < 1.29 is 42.5 Å². The first-order valence-electron chi connectivity index (χ1n) is 26.6. The molecule has 0 unspecified atom stereocenters. The number of pyridine rings is 2. The fourth-order valence-corrected chi connectivity index (χ4v) is 9.17. The minimum absolute atomic E-state index is 0.00197. The normalized spacial score (nSPS) is 11.4. The number of hydrogen-bond donors (Lipinski definition) is 6. The molecule has 1 amide bonds. The molecule has 6 N–H and O–H groups in total. The third kappa shape index (κ3) is 13.9. The van der Waals surface area contributed by atoms with E-state index in [1.807, 2.05) is 6.92 Å². The fourth-order valence-electron chi connectivity index (χ4n) is 9.17. The molecule has 0 bridgehead atoms. The molecule has 0 radical (unpaired) electrons. The predicted octanol–water partition coefficient (Wildman–Crippen LogP) is 8.14. The van der Waals surface area contributed by atoms with Gasteiger partial charge >= 0.3 is 5.97 Å². The molecule has 0 atom stereocenters. The zero-order chi connectivity index (χ0) is 58.5. The van der Waals surface area contributed by atoms with Gasteiger partial charge < -0.3 is 41.1 Å². The first-order valence-corrected chi connectivity index (χ1v) is 26.6. The molecule has 81 heavy (non-hydrogen) atoms. The van der Waals surface area contributed by atoms with Crippen molar-refractivity contribution in [3.63, 3.8) is 0 Å². The number of aryl methyl sites for hydroxylation is 2. The summed E-state index contributed by atoms with van der Waals surface area (Å²) in [5, 5.41) is 37.9. The second kappa shape index (κ2) is 27.6. The molecule has 0 aliphatic carbocycles. The first kappa shape index (κ1) is 60.2. The maximum atomic E-state index is 15.0. The number of nitrogens with one attached hydrogen (secondary N) is 3. The fraction of sp³-hybridized carbons (Fsp3) is 0.322. The zero-order valence-electron chi connectivity index (χ0n) is 45.9. The highest BCUT2D eigenvalue weighted by atomic mass is 19.1. The number of aromatic carboxylic acids is 1. The van der Waals surface area contributed by atoms with Crippen LogP contribution in [0.1, 0.15) is 72.4 Å². The number of aromatic nitrogens is 6. The molecule has 4 aromatic carbocycles. The quantitative estimate of drug-likeness (QED) is 0.0262. The molecule has 0 aliphatic heterocycles. The highest BCUT2D eigenvalue weighted by Gasteiger charge is 2.24. The third-order valence-electron chi connectivity index (χ3n) is 13.8. The van der Waals surface area contributed by atoms with Crippen LogP contribution in [0.5, 0.6) is 0 Å². The van der Waals surface area contributed by atoms with Crippen molar-refractivity contribution in [3.8, 4) is 33.9 Å². The van der Waals surface area contributed by atoms with Gasteiger partial charge in [-0.05, 0) is 138 Å². The van der Waals surface area contributed by atoms with E-state index in [9.17, 15) is 52.1 Å². The molecule has 0 saturated heterocycles. The zero-order valence-corrected chi connectivity index (χ0v) is 45.9. The Morgan fingerprint density at radius 3 is 1.35 bits per heavy atom. The van der Waals surface area contributed by atoms with E-state index >= 15 is 0 Å². The van der Waals surface area contributed by atoms with Gasteiger partial charge in [0.2, 0.25) is 11.9 Å². The number of aliphatic hydroxyl groups is 2. The molecular weight excluding hydrogens is 1050 g/mol. The van der Waals surface area contributed by atoms with E-state index < -0.39 is 76.9 Å². The Morgan fingerprint density at radius 2 is 0.963 bits per heavy atom. The van der Waals surface area contributed by atoms with E-state index in [1.165, 1.54) is 48.5 Å². The molecule has 0 aliphatic rings. The second-order valence-corrected chi connectivity index (χ2v) is 18.9. The van der Waals surface area contributed by atoms with Crippen molar-refractivity contribution in [3.05, 3.63) is 163 Å². The van der Waals surface area contributed by atoms with Crippen molar-refractivity contribution in [1.82, 2.24) is 44.2 Å². The largest absolute Gasteiger partial charge is 0.478 e. The van der Waals surface area contributed by atoms with Crippen molar-refractivity contribution >= 4 is 45.8 Å².